The van der Waals surface area contributed by atoms with Gasteiger partial charge in [0, 0.05) is 43.5 Å². The van der Waals surface area contributed by atoms with Gasteiger partial charge in [-0.05, 0) is 88.1 Å². The van der Waals surface area contributed by atoms with E-state index in [1.165, 1.54) is 4.31 Å². The zero-order valence-electron chi connectivity index (χ0n) is 18.9. The molecule has 0 saturated carbocycles. The predicted molar refractivity (Wildman–Crippen MR) is 126 cm³/mol. The number of piperidine rings is 1. The summed E-state index contributed by atoms with van der Waals surface area (Å²) in [5.74, 6) is -0.229. The van der Waals surface area contributed by atoms with Crippen LogP contribution in [0.3, 0.4) is 0 Å². The molecule has 168 valence electrons. The fourth-order valence-electron chi connectivity index (χ4n) is 3.97. The lowest BCUT2D eigenvalue weighted by Crippen LogP contribution is -2.41. The Morgan fingerprint density at radius 3 is 2.16 bits per heavy atom. The van der Waals surface area contributed by atoms with Crippen molar-refractivity contribution in [2.24, 2.45) is 5.92 Å². The van der Waals surface area contributed by atoms with Crippen molar-refractivity contribution in [2.45, 2.75) is 45.4 Å². The Bertz CT molecular complexity index is 1010. The number of sulfonamides is 1. The Morgan fingerprint density at radius 2 is 1.61 bits per heavy atom. The van der Waals surface area contributed by atoms with Crippen LogP contribution in [0.4, 0.5) is 11.4 Å². The molecular formula is C24H33N3O3S. The molecule has 1 aliphatic rings. The number of aryl methyl sites for hydroxylation is 2. The van der Waals surface area contributed by atoms with Gasteiger partial charge in [0.15, 0.2) is 0 Å². The molecule has 0 aliphatic carbocycles. The maximum absolute atomic E-state index is 13.0. The lowest BCUT2D eigenvalue weighted by Gasteiger charge is -2.30. The van der Waals surface area contributed by atoms with E-state index in [0.717, 1.165) is 35.6 Å². The Hall–Kier alpha value is -2.38. The average Bonchev–Trinajstić information content (AvgIpc) is 2.77. The summed E-state index contributed by atoms with van der Waals surface area (Å²) in [4.78, 5) is 15.3. The number of carbonyl (C=O) groups excluding carboxylic acids is 1. The van der Waals surface area contributed by atoms with Crippen LogP contribution in [0.1, 0.15) is 37.8 Å². The molecule has 2 aromatic rings. The Balaban J connectivity index is 1.59. The molecule has 31 heavy (non-hydrogen) atoms. The van der Waals surface area contributed by atoms with E-state index in [-0.39, 0.29) is 11.8 Å². The second kappa shape index (κ2) is 9.83. The highest BCUT2D eigenvalue weighted by molar-refractivity contribution is 7.89. The van der Waals surface area contributed by atoms with E-state index in [1.807, 2.05) is 44.2 Å². The molecule has 1 aliphatic heterocycles. The van der Waals surface area contributed by atoms with Crippen LogP contribution in [0.15, 0.2) is 47.4 Å². The van der Waals surface area contributed by atoms with Crippen molar-refractivity contribution in [3.05, 3.63) is 53.6 Å². The Kier molecular flexibility index (Phi) is 7.38. The van der Waals surface area contributed by atoms with Crippen LogP contribution >= 0.6 is 0 Å². The zero-order valence-corrected chi connectivity index (χ0v) is 19.7. The van der Waals surface area contributed by atoms with Crippen molar-refractivity contribution in [3.63, 3.8) is 0 Å². The number of amides is 1. The third-order valence-corrected chi connectivity index (χ3v) is 8.10. The van der Waals surface area contributed by atoms with Gasteiger partial charge < -0.3 is 10.2 Å². The van der Waals surface area contributed by atoms with Crippen molar-refractivity contribution in [3.8, 4) is 0 Å². The third-order valence-electron chi connectivity index (χ3n) is 6.20. The molecule has 0 unspecified atom stereocenters. The fraction of sp³-hybridized carbons (Fsp3) is 0.458. The first-order valence-corrected chi connectivity index (χ1v) is 12.4. The highest BCUT2D eigenvalue weighted by Crippen LogP contribution is 2.26. The minimum absolute atomic E-state index is 0.0428. The molecule has 6 nitrogen and oxygen atoms in total. The summed E-state index contributed by atoms with van der Waals surface area (Å²) >= 11 is 0. The lowest BCUT2D eigenvalue weighted by atomic mass is 9.97. The molecule has 1 fully saturated rings. The van der Waals surface area contributed by atoms with E-state index >= 15 is 0 Å². The fourth-order valence-corrected chi connectivity index (χ4v) is 5.53. The smallest absolute Gasteiger partial charge is 0.243 e. The number of hydrogen-bond acceptors (Lipinski definition) is 4. The van der Waals surface area contributed by atoms with Crippen molar-refractivity contribution < 1.29 is 13.2 Å². The van der Waals surface area contributed by atoms with Gasteiger partial charge in [-0.3, -0.25) is 4.79 Å². The monoisotopic (exact) mass is 443 g/mol. The van der Waals surface area contributed by atoms with E-state index in [4.69, 9.17) is 0 Å². The number of hydrogen-bond donors (Lipinski definition) is 1. The van der Waals surface area contributed by atoms with Crippen molar-refractivity contribution in [1.82, 2.24) is 4.31 Å². The minimum atomic E-state index is -3.53. The van der Waals surface area contributed by atoms with E-state index in [1.54, 1.807) is 12.1 Å². The average molecular weight is 444 g/mol. The SMILES string of the molecule is CCN(CC)c1ccc(NC(=O)C2CCN(S(=O)(=O)c3ccc(C)c(C)c3)CC2)cc1. The maximum Gasteiger partial charge on any atom is 0.243 e. The number of nitrogens with one attached hydrogen (secondary N) is 1. The number of rotatable bonds is 7. The van der Waals surface area contributed by atoms with E-state index < -0.39 is 10.0 Å². The van der Waals surface area contributed by atoms with Crippen LogP contribution in [0.2, 0.25) is 0 Å². The van der Waals surface area contributed by atoms with Crippen LogP contribution in [0, 0.1) is 19.8 Å². The summed E-state index contributed by atoms with van der Waals surface area (Å²) in [7, 11) is -3.53. The van der Waals surface area contributed by atoms with Crippen molar-refractivity contribution in [2.75, 3.05) is 36.4 Å². The van der Waals surface area contributed by atoms with Gasteiger partial charge in [-0.2, -0.15) is 4.31 Å². The van der Waals surface area contributed by atoms with Gasteiger partial charge in [-0.25, -0.2) is 8.42 Å². The Morgan fingerprint density at radius 1 is 1.00 bits per heavy atom. The van der Waals surface area contributed by atoms with Gasteiger partial charge >= 0.3 is 0 Å². The van der Waals surface area contributed by atoms with Crippen LogP contribution in [-0.4, -0.2) is 44.8 Å². The molecule has 0 atom stereocenters. The van der Waals surface area contributed by atoms with Gasteiger partial charge in [0.25, 0.3) is 0 Å². The first kappa shape index (κ1) is 23.3. The molecule has 0 bridgehead atoms. The minimum Gasteiger partial charge on any atom is -0.372 e. The molecule has 1 heterocycles. The number of nitrogens with zero attached hydrogens (tertiary/aromatic N) is 2. The topological polar surface area (TPSA) is 69.7 Å². The first-order valence-electron chi connectivity index (χ1n) is 11.0. The molecular weight excluding hydrogens is 410 g/mol. The van der Waals surface area contributed by atoms with Crippen LogP contribution in [0.5, 0.6) is 0 Å². The Labute approximate surface area is 186 Å². The highest BCUT2D eigenvalue weighted by Gasteiger charge is 2.32. The zero-order chi connectivity index (χ0) is 22.6. The van der Waals surface area contributed by atoms with Gasteiger partial charge in [-0.1, -0.05) is 6.07 Å². The van der Waals surface area contributed by atoms with Gasteiger partial charge in [0.05, 0.1) is 4.90 Å². The summed E-state index contributed by atoms with van der Waals surface area (Å²) in [5, 5.41) is 2.99. The van der Waals surface area contributed by atoms with E-state index in [2.05, 4.69) is 24.1 Å². The normalized spacial score (nSPS) is 15.6. The number of carbonyl (C=O) groups is 1. The van der Waals surface area contributed by atoms with Crippen LogP contribution in [0.25, 0.3) is 0 Å². The van der Waals surface area contributed by atoms with Gasteiger partial charge in [-0.15, -0.1) is 0 Å². The summed E-state index contributed by atoms with van der Waals surface area (Å²) < 4.78 is 27.5. The molecule has 1 saturated heterocycles. The molecule has 2 aromatic carbocycles. The maximum atomic E-state index is 13.0. The molecule has 0 radical (unpaired) electrons. The van der Waals surface area contributed by atoms with Gasteiger partial charge in [0.2, 0.25) is 15.9 Å². The van der Waals surface area contributed by atoms with Crippen LogP contribution in [-0.2, 0) is 14.8 Å². The third kappa shape index (κ3) is 5.28. The van der Waals surface area contributed by atoms with Crippen molar-refractivity contribution >= 4 is 27.3 Å². The van der Waals surface area contributed by atoms with Gasteiger partial charge in [0.1, 0.15) is 0 Å². The van der Waals surface area contributed by atoms with Crippen LogP contribution < -0.4 is 10.2 Å². The molecule has 1 amide bonds. The summed E-state index contributed by atoms with van der Waals surface area (Å²) in [6.07, 6.45) is 1.04. The predicted octanol–water partition coefficient (Wildman–Crippen LogP) is 4.19. The largest absolute Gasteiger partial charge is 0.372 e. The second-order valence-corrected chi connectivity index (χ2v) is 10.1. The molecule has 0 spiro atoms. The van der Waals surface area contributed by atoms with E-state index in [0.29, 0.717) is 30.8 Å². The summed E-state index contributed by atoms with van der Waals surface area (Å²) in [6, 6.07) is 13.1. The molecule has 1 N–H and O–H groups in total. The second-order valence-electron chi connectivity index (χ2n) is 8.13. The molecule has 7 heteroatoms. The standard InChI is InChI=1S/C24H33N3O3S/c1-5-26(6-2)22-10-8-21(9-11-22)25-24(28)20-13-15-27(16-14-20)31(29,30)23-12-7-18(3)19(4)17-23/h7-12,17,20H,5-6,13-16H2,1-4H3,(H,25,28). The molecule has 0 aromatic heterocycles. The summed E-state index contributed by atoms with van der Waals surface area (Å²) in [6.45, 7) is 10.7. The first-order chi connectivity index (χ1) is 14.8. The number of benzene rings is 2. The van der Waals surface area contributed by atoms with E-state index in [9.17, 15) is 13.2 Å². The summed E-state index contributed by atoms with van der Waals surface area (Å²) in [5.41, 5.74) is 3.93. The number of anilines is 2. The highest BCUT2D eigenvalue weighted by atomic mass is 32.2. The quantitative estimate of drug-likeness (QED) is 0.697. The molecule has 3 rings (SSSR count). The lowest BCUT2D eigenvalue weighted by molar-refractivity contribution is -0.120. The van der Waals surface area contributed by atoms with Crippen molar-refractivity contribution in [1.29, 1.82) is 0 Å².